The van der Waals surface area contributed by atoms with E-state index < -0.39 is 0 Å². The molecule has 148 valence electrons. The van der Waals surface area contributed by atoms with Crippen molar-refractivity contribution >= 4 is 6.08 Å². The summed E-state index contributed by atoms with van der Waals surface area (Å²) in [6, 6.07) is 25.0. The first kappa shape index (κ1) is 19.7. The lowest BCUT2D eigenvalue weighted by Gasteiger charge is -2.09. The molecule has 0 saturated carbocycles. The van der Waals surface area contributed by atoms with Crippen LogP contribution < -0.4 is 0 Å². The van der Waals surface area contributed by atoms with E-state index in [0.717, 1.165) is 35.1 Å². The van der Waals surface area contributed by atoms with Crippen molar-refractivity contribution in [2.24, 2.45) is 0 Å². The molecule has 0 spiro atoms. The normalized spacial score (nSPS) is 10.7. The highest BCUT2D eigenvalue weighted by molar-refractivity contribution is 5.67. The van der Waals surface area contributed by atoms with Crippen molar-refractivity contribution in [3.8, 4) is 34.2 Å². The Morgan fingerprint density at radius 1 is 0.567 bits per heavy atom. The van der Waals surface area contributed by atoms with E-state index in [1.165, 1.54) is 11.1 Å². The Bertz CT molecular complexity index is 1080. The van der Waals surface area contributed by atoms with E-state index in [2.05, 4.69) is 69.0 Å². The third-order valence-electron chi connectivity index (χ3n) is 5.28. The lowest BCUT2D eigenvalue weighted by Crippen LogP contribution is -2.00. The van der Waals surface area contributed by atoms with Crippen LogP contribution in [0.1, 0.15) is 30.5 Å². The van der Waals surface area contributed by atoms with Gasteiger partial charge in [0.2, 0.25) is 0 Å². The molecule has 0 fully saturated rings. The number of nitrogens with zero attached hydrogens (tertiary/aromatic N) is 3. The molecule has 0 radical (unpaired) electrons. The molecule has 0 unspecified atom stereocenters. The Hall–Kier alpha value is -3.59. The number of rotatable bonds is 6. The maximum Gasteiger partial charge on any atom is 0.164 e. The molecule has 0 aliphatic heterocycles. The largest absolute Gasteiger partial charge is 0.208 e. The Balaban J connectivity index is 1.84. The molecule has 0 aliphatic carbocycles. The molecule has 4 aromatic rings. The summed E-state index contributed by atoms with van der Waals surface area (Å²) in [5.74, 6) is 2.04. The van der Waals surface area contributed by atoms with Crippen LogP contribution in [0.15, 0.2) is 79.4 Å². The fraction of sp³-hybridized carbons (Fsp3) is 0.148. The molecular weight excluding hydrogens is 366 g/mol. The van der Waals surface area contributed by atoms with Crippen LogP contribution in [0.25, 0.3) is 40.2 Å². The molecule has 0 amide bonds. The first-order chi connectivity index (χ1) is 14.7. The van der Waals surface area contributed by atoms with E-state index in [1.54, 1.807) is 0 Å². The molecule has 30 heavy (non-hydrogen) atoms. The number of hydrogen-bond acceptors (Lipinski definition) is 3. The van der Waals surface area contributed by atoms with E-state index >= 15 is 0 Å². The Labute approximate surface area is 178 Å². The Kier molecular flexibility index (Phi) is 5.80. The van der Waals surface area contributed by atoms with Gasteiger partial charge < -0.3 is 0 Å². The molecule has 3 aromatic carbocycles. The minimum absolute atomic E-state index is 0.671. The fourth-order valence-electron chi connectivity index (χ4n) is 3.31. The zero-order valence-corrected chi connectivity index (χ0v) is 17.5. The summed E-state index contributed by atoms with van der Waals surface area (Å²) in [6.45, 7) is 8.14. The summed E-state index contributed by atoms with van der Waals surface area (Å²) in [4.78, 5) is 14.4. The van der Waals surface area contributed by atoms with Crippen LogP contribution in [0.3, 0.4) is 0 Å². The highest BCUT2D eigenvalue weighted by Gasteiger charge is 2.12. The molecule has 3 heteroatoms. The van der Waals surface area contributed by atoms with Crippen LogP contribution in [0.5, 0.6) is 0 Å². The van der Waals surface area contributed by atoms with Gasteiger partial charge >= 0.3 is 0 Å². The van der Waals surface area contributed by atoms with Gasteiger partial charge in [-0.2, -0.15) is 0 Å². The SMILES string of the molecule is C=Cc1ccc(-c2nc(-c3ccc(CC)cc3)nc(-c3ccc(CC)cc3)n2)cc1. The summed E-state index contributed by atoms with van der Waals surface area (Å²) in [7, 11) is 0. The third kappa shape index (κ3) is 4.20. The molecule has 0 bridgehead atoms. The minimum Gasteiger partial charge on any atom is -0.208 e. The van der Waals surface area contributed by atoms with Gasteiger partial charge in [-0.15, -0.1) is 0 Å². The number of hydrogen-bond donors (Lipinski definition) is 0. The monoisotopic (exact) mass is 391 g/mol. The molecule has 0 N–H and O–H groups in total. The summed E-state index contributed by atoms with van der Waals surface area (Å²) >= 11 is 0. The lowest BCUT2D eigenvalue weighted by atomic mass is 10.1. The van der Waals surface area contributed by atoms with Crippen molar-refractivity contribution in [2.75, 3.05) is 0 Å². The van der Waals surface area contributed by atoms with Crippen molar-refractivity contribution in [3.63, 3.8) is 0 Å². The van der Waals surface area contributed by atoms with Crippen molar-refractivity contribution in [1.82, 2.24) is 15.0 Å². The summed E-state index contributed by atoms with van der Waals surface area (Å²) in [5.41, 5.74) is 6.60. The summed E-state index contributed by atoms with van der Waals surface area (Å²) in [5, 5.41) is 0. The predicted molar refractivity (Wildman–Crippen MR) is 125 cm³/mol. The second-order valence-electron chi connectivity index (χ2n) is 7.23. The van der Waals surface area contributed by atoms with Crippen molar-refractivity contribution in [1.29, 1.82) is 0 Å². The van der Waals surface area contributed by atoms with Crippen LogP contribution in [0.2, 0.25) is 0 Å². The van der Waals surface area contributed by atoms with Gasteiger partial charge in [0, 0.05) is 16.7 Å². The van der Waals surface area contributed by atoms with Gasteiger partial charge in [0.15, 0.2) is 17.5 Å². The standard InChI is InChI=1S/C27H25N3/c1-4-19-7-13-22(14-8-19)25-28-26(23-15-9-20(5-2)10-16-23)30-27(29-25)24-17-11-21(6-3)12-18-24/h4,7-18H,1,5-6H2,2-3H3. The second kappa shape index (κ2) is 8.83. The van der Waals surface area contributed by atoms with E-state index in [1.807, 2.05) is 30.3 Å². The van der Waals surface area contributed by atoms with Crippen molar-refractivity contribution in [3.05, 3.63) is 96.1 Å². The third-order valence-corrected chi connectivity index (χ3v) is 5.28. The Morgan fingerprint density at radius 3 is 1.20 bits per heavy atom. The van der Waals surface area contributed by atoms with Gasteiger partial charge in [-0.1, -0.05) is 99.3 Å². The summed E-state index contributed by atoms with van der Waals surface area (Å²) in [6.07, 6.45) is 3.85. The molecule has 4 rings (SSSR count). The molecular formula is C27H25N3. The van der Waals surface area contributed by atoms with E-state index in [0.29, 0.717) is 17.5 Å². The maximum absolute atomic E-state index is 4.81. The second-order valence-corrected chi connectivity index (χ2v) is 7.23. The first-order valence-corrected chi connectivity index (χ1v) is 10.4. The van der Waals surface area contributed by atoms with Gasteiger partial charge in [0.05, 0.1) is 0 Å². The van der Waals surface area contributed by atoms with Crippen LogP contribution >= 0.6 is 0 Å². The number of aryl methyl sites for hydroxylation is 2. The van der Waals surface area contributed by atoms with Crippen LogP contribution in [-0.4, -0.2) is 15.0 Å². The summed E-state index contributed by atoms with van der Waals surface area (Å²) < 4.78 is 0. The average molecular weight is 392 g/mol. The highest BCUT2D eigenvalue weighted by Crippen LogP contribution is 2.25. The topological polar surface area (TPSA) is 38.7 Å². The van der Waals surface area contributed by atoms with Crippen LogP contribution in [0.4, 0.5) is 0 Å². The van der Waals surface area contributed by atoms with E-state index in [9.17, 15) is 0 Å². The van der Waals surface area contributed by atoms with Gasteiger partial charge in [0.25, 0.3) is 0 Å². The van der Waals surface area contributed by atoms with Crippen molar-refractivity contribution < 1.29 is 0 Å². The Morgan fingerprint density at radius 2 is 0.900 bits per heavy atom. The average Bonchev–Trinajstić information content (AvgIpc) is 2.84. The molecule has 1 heterocycles. The van der Waals surface area contributed by atoms with Crippen LogP contribution in [-0.2, 0) is 12.8 Å². The van der Waals surface area contributed by atoms with Crippen molar-refractivity contribution in [2.45, 2.75) is 26.7 Å². The molecule has 1 aromatic heterocycles. The number of benzene rings is 3. The minimum atomic E-state index is 0.671. The molecule has 0 aliphatic rings. The zero-order chi connectivity index (χ0) is 20.9. The molecule has 0 atom stereocenters. The smallest absolute Gasteiger partial charge is 0.164 e. The van der Waals surface area contributed by atoms with Crippen LogP contribution in [0, 0.1) is 0 Å². The van der Waals surface area contributed by atoms with Gasteiger partial charge in [-0.05, 0) is 29.5 Å². The highest BCUT2D eigenvalue weighted by atomic mass is 15.0. The molecule has 0 saturated heterocycles. The van der Waals surface area contributed by atoms with Gasteiger partial charge in [0.1, 0.15) is 0 Å². The molecule has 3 nitrogen and oxygen atoms in total. The van der Waals surface area contributed by atoms with E-state index in [4.69, 9.17) is 15.0 Å². The fourth-order valence-corrected chi connectivity index (χ4v) is 3.31. The number of aromatic nitrogens is 3. The van der Waals surface area contributed by atoms with Gasteiger partial charge in [-0.25, -0.2) is 15.0 Å². The quantitative estimate of drug-likeness (QED) is 0.370. The maximum atomic E-state index is 4.81. The first-order valence-electron chi connectivity index (χ1n) is 10.4. The van der Waals surface area contributed by atoms with Gasteiger partial charge in [-0.3, -0.25) is 0 Å². The van der Waals surface area contributed by atoms with E-state index in [-0.39, 0.29) is 0 Å². The zero-order valence-electron chi connectivity index (χ0n) is 17.5. The predicted octanol–water partition coefficient (Wildman–Crippen LogP) is 6.64. The lowest BCUT2D eigenvalue weighted by molar-refractivity contribution is 1.07.